The van der Waals surface area contributed by atoms with Gasteiger partial charge in [0.1, 0.15) is 5.75 Å². The smallest absolute Gasteiger partial charge is 0.240 e. The molecule has 7 nitrogen and oxygen atoms in total. The quantitative estimate of drug-likeness (QED) is 0.836. The number of nitrogens with two attached hydrogens (primary N) is 1. The van der Waals surface area contributed by atoms with Gasteiger partial charge in [-0.15, -0.1) is 0 Å². The van der Waals surface area contributed by atoms with Crippen LogP contribution in [0.5, 0.6) is 5.75 Å². The molecule has 0 atom stereocenters. The molecular formula is C16H23N5O2. The molecule has 0 radical (unpaired) electrons. The molecule has 0 aliphatic carbocycles. The van der Waals surface area contributed by atoms with Gasteiger partial charge in [-0.05, 0) is 25.0 Å². The van der Waals surface area contributed by atoms with E-state index in [-0.39, 0.29) is 0 Å². The lowest BCUT2D eigenvalue weighted by Gasteiger charge is -2.32. The molecule has 0 spiro atoms. The van der Waals surface area contributed by atoms with Gasteiger partial charge < -0.3 is 20.3 Å². The second-order valence-electron chi connectivity index (χ2n) is 5.74. The first-order valence-corrected chi connectivity index (χ1v) is 7.91. The van der Waals surface area contributed by atoms with Gasteiger partial charge in [0, 0.05) is 30.9 Å². The fraction of sp³-hybridized carbons (Fsp3) is 0.500. The van der Waals surface area contributed by atoms with Crippen molar-refractivity contribution < 1.29 is 9.26 Å². The number of rotatable bonds is 6. The van der Waals surface area contributed by atoms with E-state index >= 15 is 0 Å². The van der Waals surface area contributed by atoms with E-state index in [9.17, 15) is 0 Å². The number of methoxy groups -OCH3 is 1. The highest BCUT2D eigenvalue weighted by molar-refractivity contribution is 5.48. The summed E-state index contributed by atoms with van der Waals surface area (Å²) in [6.07, 6.45) is 2.16. The summed E-state index contributed by atoms with van der Waals surface area (Å²) in [5.41, 5.74) is 6.59. The zero-order valence-corrected chi connectivity index (χ0v) is 13.4. The Kier molecular flexibility index (Phi) is 5.09. The van der Waals surface area contributed by atoms with Crippen molar-refractivity contribution in [3.05, 3.63) is 36.0 Å². The summed E-state index contributed by atoms with van der Waals surface area (Å²) in [4.78, 5) is 6.60. The Labute approximate surface area is 135 Å². The molecule has 1 aliphatic rings. The van der Waals surface area contributed by atoms with E-state index in [1.165, 1.54) is 0 Å². The Morgan fingerprint density at radius 1 is 1.39 bits per heavy atom. The van der Waals surface area contributed by atoms with E-state index in [1.807, 2.05) is 18.2 Å². The Bertz CT molecular complexity index is 622. The molecule has 124 valence electrons. The number of aromatic nitrogens is 2. The monoisotopic (exact) mass is 317 g/mol. The van der Waals surface area contributed by atoms with E-state index < -0.39 is 0 Å². The van der Waals surface area contributed by atoms with Gasteiger partial charge in [-0.2, -0.15) is 4.98 Å². The van der Waals surface area contributed by atoms with Gasteiger partial charge in [-0.25, -0.2) is 0 Å². The third-order valence-electron chi connectivity index (χ3n) is 4.08. The van der Waals surface area contributed by atoms with Gasteiger partial charge in [0.15, 0.2) is 5.82 Å². The fourth-order valence-corrected chi connectivity index (χ4v) is 2.82. The Balaban J connectivity index is 1.48. The number of piperidine rings is 1. The van der Waals surface area contributed by atoms with Crippen molar-refractivity contribution in [1.82, 2.24) is 15.0 Å². The minimum absolute atomic E-state index is 0.291. The second kappa shape index (κ2) is 7.43. The number of hydrogen-bond donors (Lipinski definition) is 2. The van der Waals surface area contributed by atoms with Crippen LogP contribution in [-0.4, -0.2) is 41.3 Å². The molecule has 23 heavy (non-hydrogen) atoms. The Hall–Kier alpha value is -2.12. The molecule has 1 aromatic heterocycles. The van der Waals surface area contributed by atoms with Crippen LogP contribution in [0.4, 0.5) is 5.69 Å². The number of likely N-dealkylation sites (tertiary alicyclic amines) is 1. The van der Waals surface area contributed by atoms with Crippen LogP contribution in [0.25, 0.3) is 0 Å². The number of hydrogen-bond acceptors (Lipinski definition) is 7. The average molecular weight is 317 g/mol. The molecule has 0 unspecified atom stereocenters. The minimum atomic E-state index is 0.291. The topological polar surface area (TPSA) is 89.4 Å². The predicted octanol–water partition coefficient (Wildman–Crippen LogP) is 1.61. The van der Waals surface area contributed by atoms with Crippen molar-refractivity contribution in [1.29, 1.82) is 0 Å². The van der Waals surface area contributed by atoms with Gasteiger partial charge in [-0.3, -0.25) is 4.90 Å². The standard InChI is InChI=1S/C16H23N5O2/c1-22-14-4-2-3-13(9-14)18-12-5-7-21(8-6-12)11-15-19-16(10-17)23-20-15/h2-4,9,12,18H,5-8,10-11,17H2,1H3. The number of nitrogens with zero attached hydrogens (tertiary/aromatic N) is 3. The van der Waals surface area contributed by atoms with Crippen molar-refractivity contribution in [3.63, 3.8) is 0 Å². The van der Waals surface area contributed by atoms with E-state index in [2.05, 4.69) is 26.4 Å². The molecule has 1 aliphatic heterocycles. The van der Waals surface area contributed by atoms with Gasteiger partial charge in [0.25, 0.3) is 0 Å². The van der Waals surface area contributed by atoms with Crippen molar-refractivity contribution in [2.45, 2.75) is 32.0 Å². The van der Waals surface area contributed by atoms with Crippen LogP contribution in [0.2, 0.25) is 0 Å². The van der Waals surface area contributed by atoms with Crippen LogP contribution in [0.1, 0.15) is 24.6 Å². The van der Waals surface area contributed by atoms with Crippen molar-refractivity contribution in [3.8, 4) is 5.75 Å². The summed E-state index contributed by atoms with van der Waals surface area (Å²) in [6.45, 7) is 3.02. The molecule has 0 saturated carbocycles. The first-order valence-electron chi connectivity index (χ1n) is 7.91. The lowest BCUT2D eigenvalue weighted by atomic mass is 10.0. The summed E-state index contributed by atoms with van der Waals surface area (Å²) in [5, 5.41) is 7.53. The van der Waals surface area contributed by atoms with Gasteiger partial charge in [-0.1, -0.05) is 11.2 Å². The predicted molar refractivity (Wildman–Crippen MR) is 87.1 cm³/mol. The molecule has 3 rings (SSSR count). The SMILES string of the molecule is COc1cccc(NC2CCN(Cc3noc(CN)n3)CC2)c1. The fourth-order valence-electron chi connectivity index (χ4n) is 2.82. The van der Waals surface area contributed by atoms with E-state index in [0.717, 1.165) is 43.9 Å². The molecule has 3 N–H and O–H groups in total. The first kappa shape index (κ1) is 15.8. The number of benzene rings is 1. The highest BCUT2D eigenvalue weighted by atomic mass is 16.5. The maximum Gasteiger partial charge on any atom is 0.240 e. The Morgan fingerprint density at radius 3 is 2.91 bits per heavy atom. The molecule has 7 heteroatoms. The Morgan fingerprint density at radius 2 is 2.22 bits per heavy atom. The zero-order valence-electron chi connectivity index (χ0n) is 13.4. The van der Waals surface area contributed by atoms with E-state index in [4.69, 9.17) is 15.0 Å². The van der Waals surface area contributed by atoms with Crippen LogP contribution < -0.4 is 15.8 Å². The lowest BCUT2D eigenvalue weighted by Crippen LogP contribution is -2.38. The van der Waals surface area contributed by atoms with Crippen LogP contribution >= 0.6 is 0 Å². The largest absolute Gasteiger partial charge is 0.497 e. The summed E-state index contributed by atoms with van der Waals surface area (Å²) >= 11 is 0. The van der Waals surface area contributed by atoms with Crippen molar-refractivity contribution in [2.24, 2.45) is 5.73 Å². The van der Waals surface area contributed by atoms with Crippen LogP contribution in [0.15, 0.2) is 28.8 Å². The van der Waals surface area contributed by atoms with E-state index in [1.54, 1.807) is 7.11 Å². The molecular weight excluding hydrogens is 294 g/mol. The molecule has 2 aromatic rings. The summed E-state index contributed by atoms with van der Waals surface area (Å²) < 4.78 is 10.3. The number of anilines is 1. The van der Waals surface area contributed by atoms with E-state index in [0.29, 0.717) is 24.3 Å². The van der Waals surface area contributed by atoms with Gasteiger partial charge in [0.2, 0.25) is 5.89 Å². The van der Waals surface area contributed by atoms with Crippen LogP contribution in [0.3, 0.4) is 0 Å². The maximum absolute atomic E-state index is 5.48. The summed E-state index contributed by atoms with van der Waals surface area (Å²) in [7, 11) is 1.69. The maximum atomic E-state index is 5.48. The van der Waals surface area contributed by atoms with Crippen molar-refractivity contribution in [2.75, 3.05) is 25.5 Å². The number of ether oxygens (including phenoxy) is 1. The molecule has 1 aromatic carbocycles. The van der Waals surface area contributed by atoms with Crippen LogP contribution in [0, 0.1) is 0 Å². The highest BCUT2D eigenvalue weighted by Crippen LogP contribution is 2.21. The average Bonchev–Trinajstić information content (AvgIpc) is 3.04. The normalized spacial score (nSPS) is 16.4. The summed E-state index contributed by atoms with van der Waals surface area (Å²) in [5.74, 6) is 2.08. The molecule has 2 heterocycles. The molecule has 1 fully saturated rings. The third kappa shape index (κ3) is 4.20. The number of nitrogens with one attached hydrogen (secondary N) is 1. The zero-order chi connectivity index (χ0) is 16.1. The summed E-state index contributed by atoms with van der Waals surface area (Å²) in [6, 6.07) is 8.53. The van der Waals surface area contributed by atoms with Crippen molar-refractivity contribution >= 4 is 5.69 Å². The molecule has 0 bridgehead atoms. The third-order valence-corrected chi connectivity index (χ3v) is 4.08. The second-order valence-corrected chi connectivity index (χ2v) is 5.74. The minimum Gasteiger partial charge on any atom is -0.497 e. The lowest BCUT2D eigenvalue weighted by molar-refractivity contribution is 0.204. The highest BCUT2D eigenvalue weighted by Gasteiger charge is 2.20. The molecule has 0 amide bonds. The molecule has 1 saturated heterocycles. The first-order chi connectivity index (χ1) is 11.3. The van der Waals surface area contributed by atoms with Gasteiger partial charge in [0.05, 0.1) is 20.2 Å². The van der Waals surface area contributed by atoms with Gasteiger partial charge >= 0.3 is 0 Å². The van der Waals surface area contributed by atoms with Crippen LogP contribution in [-0.2, 0) is 13.1 Å².